The van der Waals surface area contributed by atoms with Gasteiger partial charge in [0, 0.05) is 5.54 Å². The molecule has 1 saturated carbocycles. The van der Waals surface area contributed by atoms with Crippen LogP contribution in [0.25, 0.3) is 0 Å². The number of hydrogen-bond acceptors (Lipinski definition) is 3. The van der Waals surface area contributed by atoms with E-state index in [9.17, 15) is 5.11 Å². The number of rotatable bonds is 5. The molecule has 2 aliphatic rings. The molecule has 0 amide bonds. The van der Waals surface area contributed by atoms with Gasteiger partial charge in [0.25, 0.3) is 0 Å². The van der Waals surface area contributed by atoms with Crippen molar-refractivity contribution in [2.24, 2.45) is 5.41 Å². The Morgan fingerprint density at radius 3 is 2.28 bits per heavy atom. The quantitative estimate of drug-likeness (QED) is 0.788. The summed E-state index contributed by atoms with van der Waals surface area (Å²) >= 11 is 0. The molecular formula is C15H30N2O. The molecule has 0 aromatic heterocycles. The van der Waals surface area contributed by atoms with Crippen molar-refractivity contribution in [2.45, 2.75) is 57.4 Å². The standard InChI is InChI=1S/C15H30N2O/c1-14(13-18,16-2)7-10-17-11-8-15(9-12-17)5-3-4-6-15/h16,18H,3-13H2,1-2H3. The van der Waals surface area contributed by atoms with Gasteiger partial charge in [-0.15, -0.1) is 0 Å². The zero-order valence-electron chi connectivity index (χ0n) is 12.2. The lowest BCUT2D eigenvalue weighted by molar-refractivity contribution is 0.0914. The van der Waals surface area contributed by atoms with Gasteiger partial charge in [-0.3, -0.25) is 0 Å². The molecule has 0 radical (unpaired) electrons. The Bertz CT molecular complexity index is 247. The van der Waals surface area contributed by atoms with Crippen LogP contribution >= 0.6 is 0 Å². The molecule has 1 saturated heterocycles. The van der Waals surface area contributed by atoms with Crippen molar-refractivity contribution in [3.05, 3.63) is 0 Å². The second kappa shape index (κ2) is 5.89. The van der Waals surface area contributed by atoms with Crippen LogP contribution in [0.1, 0.15) is 51.9 Å². The SMILES string of the molecule is CNC(C)(CO)CCN1CCC2(CCCC2)CC1. The Morgan fingerprint density at radius 2 is 1.78 bits per heavy atom. The number of piperidine rings is 1. The zero-order chi connectivity index (χ0) is 13.1. The lowest BCUT2D eigenvalue weighted by atomic mass is 9.77. The first-order valence-electron chi connectivity index (χ1n) is 7.64. The summed E-state index contributed by atoms with van der Waals surface area (Å²) in [5.41, 5.74) is 0.613. The number of aliphatic hydroxyl groups excluding tert-OH is 1. The molecule has 0 bridgehead atoms. The predicted octanol–water partition coefficient (Wildman–Crippen LogP) is 2.00. The molecule has 0 aromatic rings. The van der Waals surface area contributed by atoms with Gasteiger partial charge in [0.15, 0.2) is 0 Å². The summed E-state index contributed by atoms with van der Waals surface area (Å²) in [6, 6.07) is 0. The average molecular weight is 254 g/mol. The molecular weight excluding hydrogens is 224 g/mol. The second-order valence-corrected chi connectivity index (χ2v) is 6.77. The molecule has 2 rings (SSSR count). The van der Waals surface area contributed by atoms with Gasteiger partial charge in [-0.05, 0) is 71.1 Å². The summed E-state index contributed by atoms with van der Waals surface area (Å²) < 4.78 is 0. The fraction of sp³-hybridized carbons (Fsp3) is 1.00. The number of aliphatic hydroxyl groups is 1. The molecule has 18 heavy (non-hydrogen) atoms. The van der Waals surface area contributed by atoms with Gasteiger partial charge >= 0.3 is 0 Å². The Balaban J connectivity index is 1.73. The highest BCUT2D eigenvalue weighted by atomic mass is 16.3. The van der Waals surface area contributed by atoms with E-state index in [2.05, 4.69) is 17.1 Å². The Morgan fingerprint density at radius 1 is 1.17 bits per heavy atom. The number of hydrogen-bond donors (Lipinski definition) is 2. The maximum Gasteiger partial charge on any atom is 0.0610 e. The fourth-order valence-electron chi connectivity index (χ4n) is 3.56. The monoisotopic (exact) mass is 254 g/mol. The normalized spacial score (nSPS) is 27.5. The highest BCUT2D eigenvalue weighted by Gasteiger charge is 2.37. The minimum atomic E-state index is -0.109. The molecule has 3 nitrogen and oxygen atoms in total. The molecule has 1 aliphatic carbocycles. The largest absolute Gasteiger partial charge is 0.394 e. The molecule has 1 aliphatic heterocycles. The molecule has 106 valence electrons. The van der Waals surface area contributed by atoms with E-state index in [1.54, 1.807) is 0 Å². The second-order valence-electron chi connectivity index (χ2n) is 6.77. The van der Waals surface area contributed by atoms with Crippen LogP contribution in [-0.4, -0.2) is 48.8 Å². The van der Waals surface area contributed by atoms with Crippen LogP contribution in [0.3, 0.4) is 0 Å². The van der Waals surface area contributed by atoms with Gasteiger partial charge in [-0.1, -0.05) is 12.8 Å². The van der Waals surface area contributed by atoms with Crippen molar-refractivity contribution in [2.75, 3.05) is 33.3 Å². The van der Waals surface area contributed by atoms with Crippen molar-refractivity contribution in [1.82, 2.24) is 10.2 Å². The lowest BCUT2D eigenvalue weighted by Crippen LogP contribution is -2.47. The lowest BCUT2D eigenvalue weighted by Gasteiger charge is -2.40. The van der Waals surface area contributed by atoms with Crippen LogP contribution in [0, 0.1) is 5.41 Å². The molecule has 2 N–H and O–H groups in total. The topological polar surface area (TPSA) is 35.5 Å². The van der Waals surface area contributed by atoms with Crippen molar-refractivity contribution < 1.29 is 5.11 Å². The molecule has 1 spiro atoms. The van der Waals surface area contributed by atoms with Gasteiger partial charge in [-0.2, -0.15) is 0 Å². The first-order valence-corrected chi connectivity index (χ1v) is 7.64. The van der Waals surface area contributed by atoms with E-state index < -0.39 is 0 Å². The van der Waals surface area contributed by atoms with E-state index in [0.717, 1.165) is 18.4 Å². The fourth-order valence-corrected chi connectivity index (χ4v) is 3.56. The summed E-state index contributed by atoms with van der Waals surface area (Å²) in [4.78, 5) is 2.59. The van der Waals surface area contributed by atoms with Crippen LogP contribution in [0.15, 0.2) is 0 Å². The molecule has 2 fully saturated rings. The first kappa shape index (κ1) is 14.3. The maximum absolute atomic E-state index is 9.40. The van der Waals surface area contributed by atoms with Crippen molar-refractivity contribution >= 4 is 0 Å². The van der Waals surface area contributed by atoms with E-state index in [-0.39, 0.29) is 12.1 Å². The van der Waals surface area contributed by atoms with Gasteiger partial charge < -0.3 is 15.3 Å². The Hall–Kier alpha value is -0.120. The van der Waals surface area contributed by atoms with E-state index in [0.29, 0.717) is 0 Å². The number of nitrogens with one attached hydrogen (secondary N) is 1. The Kier molecular flexibility index (Phi) is 4.68. The molecule has 0 aromatic carbocycles. The molecule has 1 heterocycles. The summed E-state index contributed by atoms with van der Waals surface area (Å²) in [5, 5.41) is 12.6. The van der Waals surface area contributed by atoms with Gasteiger partial charge in [0.05, 0.1) is 6.61 Å². The minimum Gasteiger partial charge on any atom is -0.394 e. The number of likely N-dealkylation sites (tertiary alicyclic amines) is 1. The van der Waals surface area contributed by atoms with E-state index in [1.165, 1.54) is 51.6 Å². The first-order chi connectivity index (χ1) is 8.61. The highest BCUT2D eigenvalue weighted by molar-refractivity contribution is 4.90. The molecule has 1 atom stereocenters. The van der Waals surface area contributed by atoms with E-state index >= 15 is 0 Å². The van der Waals surface area contributed by atoms with Gasteiger partial charge in [0.1, 0.15) is 0 Å². The minimum absolute atomic E-state index is 0.109. The van der Waals surface area contributed by atoms with Gasteiger partial charge in [0.2, 0.25) is 0 Å². The average Bonchev–Trinajstić information content (AvgIpc) is 2.86. The summed E-state index contributed by atoms with van der Waals surface area (Å²) in [6.07, 6.45) is 9.72. The van der Waals surface area contributed by atoms with Crippen molar-refractivity contribution in [1.29, 1.82) is 0 Å². The smallest absolute Gasteiger partial charge is 0.0610 e. The van der Waals surface area contributed by atoms with Crippen LogP contribution in [-0.2, 0) is 0 Å². The third-order valence-electron chi connectivity index (χ3n) is 5.51. The van der Waals surface area contributed by atoms with Crippen LogP contribution in [0.4, 0.5) is 0 Å². The summed E-state index contributed by atoms with van der Waals surface area (Å²) in [6.45, 7) is 5.99. The van der Waals surface area contributed by atoms with Crippen LogP contribution in [0.2, 0.25) is 0 Å². The third-order valence-corrected chi connectivity index (χ3v) is 5.51. The summed E-state index contributed by atoms with van der Waals surface area (Å²) in [7, 11) is 1.94. The third kappa shape index (κ3) is 3.25. The predicted molar refractivity (Wildman–Crippen MR) is 75.7 cm³/mol. The van der Waals surface area contributed by atoms with Crippen molar-refractivity contribution in [3.8, 4) is 0 Å². The summed E-state index contributed by atoms with van der Waals surface area (Å²) in [5.74, 6) is 0. The number of nitrogens with zero attached hydrogens (tertiary/aromatic N) is 1. The number of likely N-dealkylation sites (N-methyl/N-ethyl adjacent to an activating group) is 1. The van der Waals surface area contributed by atoms with E-state index in [4.69, 9.17) is 0 Å². The zero-order valence-corrected chi connectivity index (χ0v) is 12.2. The molecule has 1 unspecified atom stereocenters. The molecule has 3 heteroatoms. The van der Waals surface area contributed by atoms with E-state index in [1.807, 2.05) is 7.05 Å². The Labute approximate surface area is 112 Å². The van der Waals surface area contributed by atoms with Gasteiger partial charge in [-0.25, -0.2) is 0 Å². The van der Waals surface area contributed by atoms with Crippen molar-refractivity contribution in [3.63, 3.8) is 0 Å². The van der Waals surface area contributed by atoms with Crippen LogP contribution < -0.4 is 5.32 Å². The van der Waals surface area contributed by atoms with Crippen LogP contribution in [0.5, 0.6) is 0 Å². The maximum atomic E-state index is 9.40. The highest BCUT2D eigenvalue weighted by Crippen LogP contribution is 2.46.